The molecule has 0 saturated carbocycles. The molecule has 158 valence electrons. The lowest BCUT2D eigenvalue weighted by Crippen LogP contribution is -2.57. The fourth-order valence-electron chi connectivity index (χ4n) is 4.25. The first kappa shape index (κ1) is 24.8. The van der Waals surface area contributed by atoms with E-state index in [1.54, 1.807) is 7.11 Å². The molecule has 0 aromatic heterocycles. The molecule has 0 bridgehead atoms. The number of carbonyl (C=O) groups excluding carboxylic acids is 1. The second-order valence-corrected chi connectivity index (χ2v) is 7.25. The van der Waals surface area contributed by atoms with Crippen LogP contribution in [0.4, 0.5) is 0 Å². The molecule has 2 aliphatic rings. The molecule has 1 amide bonds. The van der Waals surface area contributed by atoms with E-state index < -0.39 is 0 Å². The Kier molecular flexibility index (Phi) is 10.9. The molecule has 1 N–H and O–H groups in total. The maximum absolute atomic E-state index is 12.3. The maximum atomic E-state index is 12.3. The highest BCUT2D eigenvalue weighted by Gasteiger charge is 2.38. The Morgan fingerprint density at radius 3 is 2.79 bits per heavy atom. The van der Waals surface area contributed by atoms with Crippen molar-refractivity contribution in [2.24, 2.45) is 5.92 Å². The summed E-state index contributed by atoms with van der Waals surface area (Å²) in [6.07, 6.45) is 7.20. The van der Waals surface area contributed by atoms with Crippen molar-refractivity contribution in [2.75, 3.05) is 46.9 Å². The van der Waals surface area contributed by atoms with Gasteiger partial charge in [-0.2, -0.15) is 0 Å². The first-order chi connectivity index (χ1) is 12.7. The maximum Gasteiger partial charge on any atom is 0.222 e. The summed E-state index contributed by atoms with van der Waals surface area (Å²) in [5, 5.41) is 3.17. The molecule has 28 heavy (non-hydrogen) atoms. The Hall–Kier alpha value is -1.27. The van der Waals surface area contributed by atoms with E-state index >= 15 is 0 Å². The Morgan fingerprint density at radius 2 is 2.04 bits per heavy atom. The third kappa shape index (κ3) is 6.11. The smallest absolute Gasteiger partial charge is 0.222 e. The molecule has 3 rings (SSSR count). The van der Waals surface area contributed by atoms with Gasteiger partial charge in [0.2, 0.25) is 5.91 Å². The van der Waals surface area contributed by atoms with Crippen LogP contribution in [0.5, 0.6) is 5.75 Å². The van der Waals surface area contributed by atoms with Gasteiger partial charge >= 0.3 is 0 Å². The average Bonchev–Trinajstić information content (AvgIpc) is 2.67. The lowest BCUT2D eigenvalue weighted by molar-refractivity contribution is -0.140. The van der Waals surface area contributed by atoms with Crippen molar-refractivity contribution in [3.05, 3.63) is 35.9 Å². The van der Waals surface area contributed by atoms with Gasteiger partial charge < -0.3 is 15.0 Å². The van der Waals surface area contributed by atoms with E-state index in [9.17, 15) is 4.79 Å². The molecule has 0 aliphatic carbocycles. The van der Waals surface area contributed by atoms with Gasteiger partial charge in [-0.25, -0.2) is 0 Å². The van der Waals surface area contributed by atoms with Crippen molar-refractivity contribution in [1.29, 1.82) is 0 Å². The topological polar surface area (TPSA) is 44.8 Å². The summed E-state index contributed by atoms with van der Waals surface area (Å²) in [6.45, 7) is 4.81. The minimum atomic E-state index is 0. The van der Waals surface area contributed by atoms with Gasteiger partial charge in [-0.05, 0) is 31.9 Å². The summed E-state index contributed by atoms with van der Waals surface area (Å²) in [5.41, 5.74) is 1.12. The Bertz CT molecular complexity index is 642. The summed E-state index contributed by atoms with van der Waals surface area (Å²) in [7, 11) is 3.66. The molecule has 1 aromatic rings. The van der Waals surface area contributed by atoms with Crippen molar-refractivity contribution in [2.45, 2.75) is 25.3 Å². The molecule has 1 aromatic carbocycles. The number of methoxy groups -OCH3 is 1. The van der Waals surface area contributed by atoms with Crippen molar-refractivity contribution < 1.29 is 9.53 Å². The van der Waals surface area contributed by atoms with E-state index in [0.29, 0.717) is 24.3 Å². The second-order valence-electron chi connectivity index (χ2n) is 7.25. The van der Waals surface area contributed by atoms with Gasteiger partial charge in [-0.15, -0.1) is 24.8 Å². The second kappa shape index (κ2) is 12.3. The molecule has 0 unspecified atom stereocenters. The number of hydrogen-bond acceptors (Lipinski definition) is 4. The monoisotopic (exact) mass is 429 g/mol. The van der Waals surface area contributed by atoms with Gasteiger partial charge in [-0.3, -0.25) is 9.69 Å². The number of nitrogens with one attached hydrogen (secondary N) is 1. The number of amides is 1. The number of piperidine rings is 2. The van der Waals surface area contributed by atoms with Crippen LogP contribution in [-0.2, 0) is 4.79 Å². The zero-order valence-electron chi connectivity index (χ0n) is 16.8. The minimum absolute atomic E-state index is 0. The van der Waals surface area contributed by atoms with Crippen LogP contribution < -0.4 is 10.1 Å². The van der Waals surface area contributed by atoms with Crippen molar-refractivity contribution in [3.8, 4) is 5.75 Å². The Labute approximate surface area is 181 Å². The van der Waals surface area contributed by atoms with Crippen molar-refractivity contribution >= 4 is 36.8 Å². The number of rotatable bonds is 7. The van der Waals surface area contributed by atoms with Gasteiger partial charge in [0.25, 0.3) is 0 Å². The molecular formula is C21H33Cl2N3O2. The summed E-state index contributed by atoms with van der Waals surface area (Å²) < 4.78 is 5.41. The minimum Gasteiger partial charge on any atom is -0.496 e. The zero-order valence-corrected chi connectivity index (χ0v) is 18.4. The molecule has 2 saturated heterocycles. The van der Waals surface area contributed by atoms with Crippen LogP contribution in [0.2, 0.25) is 0 Å². The number of likely N-dealkylation sites (tertiary alicyclic amines) is 2. The molecule has 2 aliphatic heterocycles. The predicted octanol–water partition coefficient (Wildman–Crippen LogP) is 3.08. The highest BCUT2D eigenvalue weighted by atomic mass is 35.5. The largest absolute Gasteiger partial charge is 0.496 e. The summed E-state index contributed by atoms with van der Waals surface area (Å²) in [5.74, 6) is 1.86. The van der Waals surface area contributed by atoms with Crippen LogP contribution in [0.15, 0.2) is 30.3 Å². The third-order valence-electron chi connectivity index (χ3n) is 5.63. The first-order valence-electron chi connectivity index (χ1n) is 9.69. The number of ether oxygens (including phenoxy) is 1. The highest BCUT2D eigenvalue weighted by molar-refractivity contribution is 5.85. The Morgan fingerprint density at radius 1 is 1.25 bits per heavy atom. The number of benzene rings is 1. The molecule has 2 heterocycles. The number of nitrogens with zero attached hydrogens (tertiary/aromatic N) is 2. The molecule has 2 fully saturated rings. The summed E-state index contributed by atoms with van der Waals surface area (Å²) in [4.78, 5) is 16.9. The quantitative estimate of drug-likeness (QED) is 0.722. The van der Waals surface area contributed by atoms with E-state index in [1.807, 2.05) is 25.2 Å². The van der Waals surface area contributed by atoms with Crippen molar-refractivity contribution in [3.63, 3.8) is 0 Å². The standard InChI is InChI=1S/C21H31N3O2.2ClH/c1-22-12-15-24-19-11-14-23(16-18(19)9-10-21(24)25)13-5-7-17-6-3-4-8-20(17)26-2;;/h3-8,18-19,22H,9-16H2,1-2H3;2*1H/t18-,19+;;/m0../s1. The molecule has 0 radical (unpaired) electrons. The predicted molar refractivity (Wildman–Crippen MR) is 120 cm³/mol. The van der Waals surface area contributed by atoms with Crippen molar-refractivity contribution in [1.82, 2.24) is 15.1 Å². The number of fused-ring (bicyclic) bond motifs is 1. The highest BCUT2D eigenvalue weighted by Crippen LogP contribution is 2.31. The van der Waals surface area contributed by atoms with E-state index in [4.69, 9.17) is 4.74 Å². The summed E-state index contributed by atoms with van der Waals surface area (Å²) in [6, 6.07) is 8.52. The fraction of sp³-hybridized carbons (Fsp3) is 0.571. The summed E-state index contributed by atoms with van der Waals surface area (Å²) >= 11 is 0. The lowest BCUT2D eigenvalue weighted by Gasteiger charge is -2.47. The number of halogens is 2. The van der Waals surface area contributed by atoms with Crippen LogP contribution in [-0.4, -0.2) is 68.6 Å². The SMILES string of the molecule is CNCCN1C(=O)CC[C@H]2CN(CC=Cc3ccccc3OC)CC[C@H]21.Cl.Cl. The fourth-order valence-corrected chi connectivity index (χ4v) is 4.25. The Balaban J connectivity index is 0.00000196. The number of hydrogen-bond donors (Lipinski definition) is 1. The average molecular weight is 430 g/mol. The van der Waals surface area contributed by atoms with Gasteiger partial charge in [-0.1, -0.05) is 30.4 Å². The molecule has 5 nitrogen and oxygen atoms in total. The van der Waals surface area contributed by atoms with Gasteiger partial charge in [0.15, 0.2) is 0 Å². The van der Waals surface area contributed by atoms with Gasteiger partial charge in [0.1, 0.15) is 5.75 Å². The zero-order chi connectivity index (χ0) is 18.4. The lowest BCUT2D eigenvalue weighted by atomic mass is 9.83. The van der Waals surface area contributed by atoms with E-state index in [2.05, 4.69) is 33.3 Å². The third-order valence-corrected chi connectivity index (χ3v) is 5.63. The van der Waals surface area contributed by atoms with Crippen LogP contribution >= 0.6 is 24.8 Å². The van der Waals surface area contributed by atoms with Crippen LogP contribution in [0, 0.1) is 5.92 Å². The van der Waals surface area contributed by atoms with Crippen LogP contribution in [0.3, 0.4) is 0 Å². The normalized spacial score (nSPS) is 22.4. The molecule has 2 atom stereocenters. The van der Waals surface area contributed by atoms with Crippen LogP contribution in [0.1, 0.15) is 24.8 Å². The van der Waals surface area contributed by atoms with Gasteiger partial charge in [0.05, 0.1) is 7.11 Å². The number of para-hydroxylation sites is 1. The molecule has 0 spiro atoms. The first-order valence-corrected chi connectivity index (χ1v) is 9.69. The molecular weight excluding hydrogens is 397 g/mol. The van der Waals surface area contributed by atoms with E-state index in [1.165, 1.54) is 0 Å². The van der Waals surface area contributed by atoms with E-state index in [-0.39, 0.29) is 24.8 Å². The van der Waals surface area contributed by atoms with Crippen LogP contribution in [0.25, 0.3) is 6.08 Å². The number of carbonyl (C=O) groups is 1. The number of likely N-dealkylation sites (N-methyl/N-ethyl adjacent to an activating group) is 1. The van der Waals surface area contributed by atoms with Gasteiger partial charge in [0, 0.05) is 50.7 Å². The molecule has 7 heteroatoms. The van der Waals surface area contributed by atoms with E-state index in [0.717, 1.165) is 56.9 Å².